The van der Waals surface area contributed by atoms with Crippen molar-refractivity contribution in [2.24, 2.45) is 0 Å². The van der Waals surface area contributed by atoms with Crippen molar-refractivity contribution in [3.8, 4) is 0 Å². The number of methoxy groups -OCH3 is 1. The number of rotatable bonds is 2. The lowest BCUT2D eigenvalue weighted by molar-refractivity contribution is -0.136. The lowest BCUT2D eigenvalue weighted by Gasteiger charge is -2.14. The van der Waals surface area contributed by atoms with Crippen LogP contribution in [-0.2, 0) is 9.53 Å². The molecule has 0 atom stereocenters. The smallest absolute Gasteiger partial charge is 0.333 e. The Morgan fingerprint density at radius 1 is 1.36 bits per heavy atom. The van der Waals surface area contributed by atoms with Gasteiger partial charge in [0.05, 0.1) is 7.11 Å². The van der Waals surface area contributed by atoms with Gasteiger partial charge in [-0.15, -0.1) is 0 Å². The molecule has 0 fully saturated rings. The van der Waals surface area contributed by atoms with Gasteiger partial charge in [-0.25, -0.2) is 4.79 Å². The fourth-order valence-corrected chi connectivity index (χ4v) is 1.73. The van der Waals surface area contributed by atoms with E-state index in [0.29, 0.717) is 0 Å². The number of hydrogen-bond donors (Lipinski definition) is 0. The summed E-state index contributed by atoms with van der Waals surface area (Å²) in [6, 6.07) is 0. The third kappa shape index (κ3) is 2.47. The number of carbonyl (C=O) groups is 1. The second-order valence-corrected chi connectivity index (χ2v) is 3.72. The second-order valence-electron chi connectivity index (χ2n) is 3.72. The van der Waals surface area contributed by atoms with Crippen molar-refractivity contribution in [1.29, 1.82) is 0 Å². The largest absolute Gasteiger partial charge is 0.466 e. The van der Waals surface area contributed by atoms with Gasteiger partial charge in [0.2, 0.25) is 0 Å². The van der Waals surface area contributed by atoms with Crippen LogP contribution in [-0.4, -0.2) is 13.1 Å². The van der Waals surface area contributed by atoms with E-state index in [2.05, 4.69) is 6.08 Å². The molecule has 0 aromatic heterocycles. The highest BCUT2D eigenvalue weighted by atomic mass is 16.5. The summed E-state index contributed by atoms with van der Waals surface area (Å²) in [5, 5.41) is 0. The zero-order chi connectivity index (χ0) is 10.6. The number of allylic oxidation sites excluding steroid dienone is 3. The highest BCUT2D eigenvalue weighted by Gasteiger charge is 2.12. The molecular formula is C12H18O2. The molecule has 1 aliphatic carbocycles. The van der Waals surface area contributed by atoms with Gasteiger partial charge in [-0.1, -0.05) is 6.08 Å². The minimum atomic E-state index is -0.214. The van der Waals surface area contributed by atoms with Gasteiger partial charge in [0.15, 0.2) is 0 Å². The van der Waals surface area contributed by atoms with Crippen molar-refractivity contribution in [3.63, 3.8) is 0 Å². The molecule has 0 spiro atoms. The summed E-state index contributed by atoms with van der Waals surface area (Å²) in [4.78, 5) is 11.3. The summed E-state index contributed by atoms with van der Waals surface area (Å²) in [7, 11) is 1.42. The molecule has 0 saturated heterocycles. The number of ether oxygens (including phenoxy) is 1. The van der Waals surface area contributed by atoms with Gasteiger partial charge in [-0.2, -0.15) is 0 Å². The Hall–Kier alpha value is -1.05. The normalized spacial score (nSPS) is 18.4. The summed E-state index contributed by atoms with van der Waals surface area (Å²) >= 11 is 0. The third-order valence-electron chi connectivity index (χ3n) is 2.83. The lowest BCUT2D eigenvalue weighted by Crippen LogP contribution is -2.06. The van der Waals surface area contributed by atoms with E-state index in [9.17, 15) is 4.79 Å². The molecule has 1 aliphatic rings. The van der Waals surface area contributed by atoms with Crippen molar-refractivity contribution in [1.82, 2.24) is 0 Å². The molecule has 0 aromatic carbocycles. The third-order valence-corrected chi connectivity index (χ3v) is 2.83. The van der Waals surface area contributed by atoms with Crippen molar-refractivity contribution >= 4 is 5.97 Å². The van der Waals surface area contributed by atoms with E-state index >= 15 is 0 Å². The first-order valence-electron chi connectivity index (χ1n) is 5.12. The van der Waals surface area contributed by atoms with Crippen LogP contribution in [0.5, 0.6) is 0 Å². The summed E-state index contributed by atoms with van der Waals surface area (Å²) in [5.74, 6) is -0.214. The molecular weight excluding hydrogens is 176 g/mol. The minimum Gasteiger partial charge on any atom is -0.466 e. The zero-order valence-corrected chi connectivity index (χ0v) is 9.22. The maximum atomic E-state index is 11.3. The van der Waals surface area contributed by atoms with E-state index in [1.165, 1.54) is 25.5 Å². The van der Waals surface area contributed by atoms with E-state index in [1.54, 1.807) is 0 Å². The summed E-state index contributed by atoms with van der Waals surface area (Å²) < 4.78 is 4.70. The molecule has 2 nitrogen and oxygen atoms in total. The van der Waals surface area contributed by atoms with Gasteiger partial charge in [-0.05, 0) is 50.7 Å². The van der Waals surface area contributed by atoms with Gasteiger partial charge in [0.25, 0.3) is 0 Å². The Bertz CT molecular complexity index is 285. The molecule has 0 amide bonds. The average molecular weight is 194 g/mol. The zero-order valence-electron chi connectivity index (χ0n) is 9.22. The van der Waals surface area contributed by atoms with Crippen LogP contribution in [0, 0.1) is 0 Å². The summed E-state index contributed by atoms with van der Waals surface area (Å²) in [5.41, 5.74) is 3.15. The van der Waals surface area contributed by atoms with Gasteiger partial charge >= 0.3 is 5.97 Å². The molecule has 0 radical (unpaired) electrons. The monoisotopic (exact) mass is 194 g/mol. The Kier molecular flexibility index (Phi) is 3.93. The van der Waals surface area contributed by atoms with Crippen LogP contribution >= 0.6 is 0 Å². The fraction of sp³-hybridized carbons (Fsp3) is 0.583. The molecule has 0 bridgehead atoms. The highest BCUT2D eigenvalue weighted by Crippen LogP contribution is 2.25. The van der Waals surface area contributed by atoms with Gasteiger partial charge < -0.3 is 4.74 Å². The molecule has 0 heterocycles. The van der Waals surface area contributed by atoms with Gasteiger partial charge in [0.1, 0.15) is 0 Å². The fourth-order valence-electron chi connectivity index (χ4n) is 1.73. The SMILES string of the molecule is COC(=O)/C(C)=C(\C)C1=CCCCC1. The highest BCUT2D eigenvalue weighted by molar-refractivity contribution is 5.89. The van der Waals surface area contributed by atoms with Crippen molar-refractivity contribution in [2.45, 2.75) is 39.5 Å². The predicted octanol–water partition coefficient (Wildman–Crippen LogP) is 3.00. The Labute approximate surface area is 85.6 Å². The summed E-state index contributed by atoms with van der Waals surface area (Å²) in [6.45, 7) is 3.83. The average Bonchev–Trinajstić information content (AvgIpc) is 2.27. The van der Waals surface area contributed by atoms with Gasteiger partial charge in [-0.3, -0.25) is 0 Å². The van der Waals surface area contributed by atoms with E-state index in [4.69, 9.17) is 4.74 Å². The maximum Gasteiger partial charge on any atom is 0.333 e. The van der Waals surface area contributed by atoms with Crippen LogP contribution in [0.2, 0.25) is 0 Å². The van der Waals surface area contributed by atoms with Crippen LogP contribution in [0.1, 0.15) is 39.5 Å². The molecule has 14 heavy (non-hydrogen) atoms. The Balaban J connectivity index is 2.85. The first kappa shape index (κ1) is 11.0. The van der Waals surface area contributed by atoms with Gasteiger partial charge in [0, 0.05) is 5.57 Å². The van der Waals surface area contributed by atoms with Crippen LogP contribution in [0.4, 0.5) is 0 Å². The van der Waals surface area contributed by atoms with Crippen LogP contribution < -0.4 is 0 Å². The Morgan fingerprint density at radius 2 is 2.07 bits per heavy atom. The molecule has 0 saturated carbocycles. The number of carbonyl (C=O) groups excluding carboxylic acids is 1. The second kappa shape index (κ2) is 4.99. The first-order valence-corrected chi connectivity index (χ1v) is 5.12. The van der Waals surface area contributed by atoms with Crippen LogP contribution in [0.25, 0.3) is 0 Å². The molecule has 0 aliphatic heterocycles. The molecule has 78 valence electrons. The molecule has 2 heteroatoms. The van der Waals surface area contributed by atoms with Crippen LogP contribution in [0.15, 0.2) is 22.8 Å². The van der Waals surface area contributed by atoms with Crippen molar-refractivity contribution in [2.75, 3.05) is 7.11 Å². The quantitative estimate of drug-likeness (QED) is 0.499. The predicted molar refractivity (Wildman–Crippen MR) is 56.9 cm³/mol. The van der Waals surface area contributed by atoms with E-state index in [-0.39, 0.29) is 5.97 Å². The lowest BCUT2D eigenvalue weighted by atomic mass is 9.92. The standard InChI is InChI=1S/C12H18O2/c1-9(10(2)12(13)14-3)11-7-5-4-6-8-11/h7H,4-6,8H2,1-3H3/b10-9+. The number of hydrogen-bond acceptors (Lipinski definition) is 2. The first-order chi connectivity index (χ1) is 6.66. The maximum absolute atomic E-state index is 11.3. The molecule has 1 rings (SSSR count). The van der Waals surface area contributed by atoms with E-state index in [0.717, 1.165) is 24.0 Å². The molecule has 0 aromatic rings. The number of esters is 1. The molecule has 0 unspecified atom stereocenters. The summed E-state index contributed by atoms with van der Waals surface area (Å²) in [6.07, 6.45) is 6.98. The van der Waals surface area contributed by atoms with Crippen molar-refractivity contribution in [3.05, 3.63) is 22.8 Å². The van der Waals surface area contributed by atoms with E-state index < -0.39 is 0 Å². The van der Waals surface area contributed by atoms with Crippen molar-refractivity contribution < 1.29 is 9.53 Å². The van der Waals surface area contributed by atoms with Crippen LogP contribution in [0.3, 0.4) is 0 Å². The minimum absolute atomic E-state index is 0.214. The topological polar surface area (TPSA) is 26.3 Å². The molecule has 0 N–H and O–H groups in total. The van der Waals surface area contributed by atoms with E-state index in [1.807, 2.05) is 13.8 Å². The Morgan fingerprint density at radius 3 is 2.57 bits per heavy atom.